The molecule has 0 spiro atoms. The number of nitrogens with zero attached hydrogens (tertiary/aromatic N) is 1. The molecule has 0 amide bonds. The number of oxime groups is 1. The fourth-order valence-electron chi connectivity index (χ4n) is 1.66. The molecule has 0 radical (unpaired) electrons. The van der Waals surface area contributed by atoms with Crippen LogP contribution < -0.4 is 0 Å². The molecule has 80 valence electrons. The minimum absolute atomic E-state index is 0.0938. The number of hydrogen-bond donors (Lipinski definition) is 1. The lowest BCUT2D eigenvalue weighted by Crippen LogP contribution is -2.10. The first kappa shape index (κ1) is 10.4. The Hall–Kier alpha value is -2.16. The number of Topliss-reactive ketones (excluding diaryl/α,β-unsaturated/α-hetero) is 1. The molecule has 0 aliphatic rings. The predicted octanol–water partition coefficient (Wildman–Crippen LogP) is 2.87. The highest BCUT2D eigenvalue weighted by atomic mass is 16.4. The van der Waals surface area contributed by atoms with Gasteiger partial charge in [-0.05, 0) is 17.7 Å². The van der Waals surface area contributed by atoms with Crippen LogP contribution in [0.2, 0.25) is 0 Å². The summed E-state index contributed by atoms with van der Waals surface area (Å²) in [6.07, 6.45) is 0. The van der Waals surface area contributed by atoms with Crippen LogP contribution in [0.25, 0.3) is 10.8 Å². The van der Waals surface area contributed by atoms with Crippen LogP contribution in [0.3, 0.4) is 0 Å². The molecule has 0 aliphatic heterocycles. The molecule has 3 nitrogen and oxygen atoms in total. The summed E-state index contributed by atoms with van der Waals surface area (Å²) in [6, 6.07) is 13.1. The summed E-state index contributed by atoms with van der Waals surface area (Å²) in [5, 5.41) is 13.4. The molecule has 0 aliphatic carbocycles. The number of ketones is 1. The van der Waals surface area contributed by atoms with E-state index >= 15 is 0 Å². The Morgan fingerprint density at radius 1 is 1.12 bits per heavy atom. The lowest BCUT2D eigenvalue weighted by molar-refractivity contribution is 0.106. The Bertz CT molecular complexity index is 568. The number of hydrogen-bond acceptors (Lipinski definition) is 3. The van der Waals surface area contributed by atoms with E-state index in [2.05, 4.69) is 5.16 Å². The van der Waals surface area contributed by atoms with Gasteiger partial charge in [0, 0.05) is 5.56 Å². The van der Waals surface area contributed by atoms with Crippen molar-refractivity contribution in [2.24, 2.45) is 5.16 Å². The summed E-state index contributed by atoms with van der Waals surface area (Å²) in [4.78, 5) is 11.9. The molecule has 0 atom stereocenters. The largest absolute Gasteiger partial charge is 0.411 e. The van der Waals surface area contributed by atoms with Gasteiger partial charge in [-0.15, -0.1) is 0 Å². The molecular weight excluding hydrogens is 202 g/mol. The fourth-order valence-corrected chi connectivity index (χ4v) is 1.66. The van der Waals surface area contributed by atoms with Crippen molar-refractivity contribution in [3.05, 3.63) is 48.0 Å². The SMILES string of the molecule is CC(=NO)C(=O)c1cccc2ccccc12. The zero-order valence-corrected chi connectivity index (χ0v) is 8.84. The Labute approximate surface area is 93.0 Å². The molecule has 2 aromatic rings. The Morgan fingerprint density at radius 2 is 1.81 bits per heavy atom. The summed E-state index contributed by atoms with van der Waals surface area (Å²) in [6.45, 7) is 1.49. The van der Waals surface area contributed by atoms with Crippen LogP contribution in [0.4, 0.5) is 0 Å². The Kier molecular flexibility index (Phi) is 2.68. The maximum atomic E-state index is 11.9. The van der Waals surface area contributed by atoms with Crippen molar-refractivity contribution in [2.75, 3.05) is 0 Å². The summed E-state index contributed by atoms with van der Waals surface area (Å²) in [5.41, 5.74) is 0.657. The van der Waals surface area contributed by atoms with Gasteiger partial charge in [-0.25, -0.2) is 0 Å². The van der Waals surface area contributed by atoms with Gasteiger partial charge in [0.2, 0.25) is 5.78 Å². The fraction of sp³-hybridized carbons (Fsp3) is 0.0769. The highest BCUT2D eigenvalue weighted by Gasteiger charge is 2.12. The van der Waals surface area contributed by atoms with Gasteiger partial charge >= 0.3 is 0 Å². The highest BCUT2D eigenvalue weighted by molar-refractivity contribution is 6.46. The molecule has 0 aromatic heterocycles. The third-order valence-corrected chi connectivity index (χ3v) is 2.51. The van der Waals surface area contributed by atoms with Crippen molar-refractivity contribution in [1.82, 2.24) is 0 Å². The van der Waals surface area contributed by atoms with Gasteiger partial charge < -0.3 is 5.21 Å². The second-order valence-corrected chi connectivity index (χ2v) is 3.54. The van der Waals surface area contributed by atoms with Crippen LogP contribution >= 0.6 is 0 Å². The van der Waals surface area contributed by atoms with E-state index in [0.717, 1.165) is 10.8 Å². The van der Waals surface area contributed by atoms with E-state index in [1.807, 2.05) is 36.4 Å². The third kappa shape index (κ3) is 1.67. The number of carbonyl (C=O) groups excluding carboxylic acids is 1. The van der Waals surface area contributed by atoms with Crippen molar-refractivity contribution >= 4 is 22.3 Å². The standard InChI is InChI=1S/C13H11NO2/c1-9(14-16)13(15)12-8-4-6-10-5-2-3-7-11(10)12/h2-8,16H,1H3. The monoisotopic (exact) mass is 213 g/mol. The number of carbonyl (C=O) groups is 1. The molecule has 0 fully saturated rings. The van der Waals surface area contributed by atoms with E-state index in [9.17, 15) is 4.79 Å². The lowest BCUT2D eigenvalue weighted by Gasteiger charge is -2.04. The summed E-state index contributed by atoms with van der Waals surface area (Å²) < 4.78 is 0. The van der Waals surface area contributed by atoms with Crippen LogP contribution in [0.15, 0.2) is 47.6 Å². The van der Waals surface area contributed by atoms with Gasteiger partial charge in [-0.1, -0.05) is 47.6 Å². The van der Waals surface area contributed by atoms with Gasteiger partial charge in [0.15, 0.2) is 0 Å². The van der Waals surface area contributed by atoms with Crippen LogP contribution in [0.5, 0.6) is 0 Å². The molecule has 2 aromatic carbocycles. The number of benzene rings is 2. The second-order valence-electron chi connectivity index (χ2n) is 3.54. The van der Waals surface area contributed by atoms with Gasteiger partial charge in [0.05, 0.1) is 0 Å². The van der Waals surface area contributed by atoms with Crippen molar-refractivity contribution in [1.29, 1.82) is 0 Å². The molecule has 0 saturated carbocycles. The van der Waals surface area contributed by atoms with E-state index in [1.54, 1.807) is 6.07 Å². The predicted molar refractivity (Wildman–Crippen MR) is 63.2 cm³/mol. The van der Waals surface area contributed by atoms with Gasteiger partial charge in [-0.2, -0.15) is 0 Å². The quantitative estimate of drug-likeness (QED) is 0.361. The normalized spacial score (nSPS) is 11.7. The maximum absolute atomic E-state index is 11.9. The summed E-state index contributed by atoms with van der Waals surface area (Å²) >= 11 is 0. The molecule has 1 N–H and O–H groups in total. The summed E-state index contributed by atoms with van der Waals surface area (Å²) in [7, 11) is 0. The zero-order chi connectivity index (χ0) is 11.5. The zero-order valence-electron chi connectivity index (χ0n) is 8.84. The van der Waals surface area contributed by atoms with Crippen molar-refractivity contribution < 1.29 is 10.0 Å². The van der Waals surface area contributed by atoms with Crippen molar-refractivity contribution in [3.8, 4) is 0 Å². The Morgan fingerprint density at radius 3 is 2.56 bits per heavy atom. The number of fused-ring (bicyclic) bond motifs is 1. The van der Waals surface area contributed by atoms with E-state index in [0.29, 0.717) is 5.56 Å². The van der Waals surface area contributed by atoms with Gasteiger partial charge in [0.1, 0.15) is 5.71 Å². The molecule has 0 saturated heterocycles. The van der Waals surface area contributed by atoms with Crippen molar-refractivity contribution in [2.45, 2.75) is 6.92 Å². The van der Waals surface area contributed by atoms with E-state index in [-0.39, 0.29) is 11.5 Å². The highest BCUT2D eigenvalue weighted by Crippen LogP contribution is 2.19. The smallest absolute Gasteiger partial charge is 0.210 e. The van der Waals surface area contributed by atoms with Crippen molar-refractivity contribution in [3.63, 3.8) is 0 Å². The van der Waals surface area contributed by atoms with E-state index in [1.165, 1.54) is 6.92 Å². The van der Waals surface area contributed by atoms with Gasteiger partial charge in [-0.3, -0.25) is 4.79 Å². The van der Waals surface area contributed by atoms with E-state index < -0.39 is 0 Å². The number of rotatable bonds is 2. The molecule has 2 rings (SSSR count). The topological polar surface area (TPSA) is 49.7 Å². The average molecular weight is 213 g/mol. The molecular formula is C13H11NO2. The third-order valence-electron chi connectivity index (χ3n) is 2.51. The summed E-state index contributed by atoms with van der Waals surface area (Å²) in [5.74, 6) is -0.251. The van der Waals surface area contributed by atoms with Crippen LogP contribution in [-0.4, -0.2) is 16.7 Å². The molecule has 3 heteroatoms. The second kappa shape index (κ2) is 4.14. The van der Waals surface area contributed by atoms with E-state index in [4.69, 9.17) is 5.21 Å². The molecule has 0 bridgehead atoms. The molecule has 0 heterocycles. The lowest BCUT2D eigenvalue weighted by atomic mass is 10.00. The minimum Gasteiger partial charge on any atom is -0.411 e. The van der Waals surface area contributed by atoms with Gasteiger partial charge in [0.25, 0.3) is 0 Å². The maximum Gasteiger partial charge on any atom is 0.210 e. The first-order valence-corrected chi connectivity index (χ1v) is 4.95. The first-order chi connectivity index (χ1) is 7.74. The van der Waals surface area contributed by atoms with Crippen LogP contribution in [-0.2, 0) is 0 Å². The molecule has 16 heavy (non-hydrogen) atoms. The van der Waals surface area contributed by atoms with Crippen LogP contribution in [0.1, 0.15) is 17.3 Å². The average Bonchev–Trinajstić information content (AvgIpc) is 2.36. The molecule has 0 unspecified atom stereocenters. The van der Waals surface area contributed by atoms with Crippen LogP contribution in [0, 0.1) is 0 Å². The minimum atomic E-state index is -0.251. The Balaban J connectivity index is 2.65. The first-order valence-electron chi connectivity index (χ1n) is 4.95.